The Bertz CT molecular complexity index is 1550. The lowest BCUT2D eigenvalue weighted by Crippen LogP contribution is -2.55. The van der Waals surface area contributed by atoms with Crippen LogP contribution in [0.4, 0.5) is 114 Å². The molecule has 0 aromatic heterocycles. The van der Waals surface area contributed by atoms with Gasteiger partial charge in [-0.25, -0.2) is 35.9 Å². The van der Waals surface area contributed by atoms with E-state index in [2.05, 4.69) is 10.3 Å². The van der Waals surface area contributed by atoms with E-state index >= 15 is 0 Å². The van der Waals surface area contributed by atoms with Gasteiger partial charge < -0.3 is 0 Å². The summed E-state index contributed by atoms with van der Waals surface area (Å²) in [6, 6.07) is 0. The average molecular weight is 1040 g/mol. The van der Waals surface area contributed by atoms with E-state index in [-0.39, 0.29) is 0 Å². The minimum absolute atomic E-state index is 1.55. The smallest absolute Gasteiger partial charge is 0.264 e. The van der Waals surface area contributed by atoms with Gasteiger partial charge in [0, 0.05) is 12.8 Å². The van der Waals surface area contributed by atoms with Crippen LogP contribution in [0.15, 0.2) is 0 Å². The molecule has 6 N–H and O–H groups in total. The summed E-state index contributed by atoms with van der Waals surface area (Å²) in [5, 5.41) is 8.77. The third-order valence-electron chi connectivity index (χ3n) is 7.34. The van der Waals surface area contributed by atoms with E-state index in [0.717, 1.165) is 0 Å². The van der Waals surface area contributed by atoms with E-state index < -0.39 is 165 Å². The first-order valence-corrected chi connectivity index (χ1v) is 19.3. The molecule has 0 aliphatic rings. The van der Waals surface area contributed by atoms with Crippen LogP contribution in [-0.4, -0.2) is 107 Å². The maximum atomic E-state index is 13.6. The van der Waals surface area contributed by atoms with Crippen LogP contribution in [0, 0.1) is 23.7 Å². The van der Waals surface area contributed by atoms with Gasteiger partial charge in [-0.3, -0.25) is 9.11 Å². The Morgan fingerprint density at radius 3 is 0.639 bits per heavy atom. The average Bonchev–Trinajstić information content (AvgIpc) is 2.89. The van der Waals surface area contributed by atoms with E-state index in [1.807, 2.05) is 0 Å². The van der Waals surface area contributed by atoms with Crippen LogP contribution < -0.4 is 10.3 Å². The van der Waals surface area contributed by atoms with Gasteiger partial charge in [-0.05, 0) is 25.7 Å². The summed E-state index contributed by atoms with van der Waals surface area (Å²) in [6.07, 6.45) is -66.1. The predicted octanol–water partition coefficient (Wildman–Crippen LogP) is 8.62. The molecule has 0 rings (SSSR count). The number of primary sulfonamides is 2. The minimum atomic E-state index is -6.90. The van der Waals surface area contributed by atoms with Crippen LogP contribution in [0.25, 0.3) is 0 Å². The second-order valence-corrected chi connectivity index (χ2v) is 16.5. The Hall–Kier alpha value is -2.13. The fraction of sp³-hybridized carbons (Fsp3) is 1.00. The Balaban J connectivity index is -0.000000991. The highest BCUT2D eigenvalue weighted by Crippen LogP contribution is 2.55. The molecule has 0 fully saturated rings. The molecule has 0 aliphatic carbocycles. The van der Waals surface area contributed by atoms with E-state index in [1.165, 1.54) is 0 Å². The molecule has 10 nitrogen and oxygen atoms in total. The number of hydrogen-bond donors (Lipinski definition) is 4. The van der Waals surface area contributed by atoms with Gasteiger partial charge in [0.2, 0.25) is 20.0 Å². The van der Waals surface area contributed by atoms with Crippen molar-refractivity contribution in [3.63, 3.8) is 0 Å². The molecule has 0 aliphatic heterocycles. The van der Waals surface area contributed by atoms with Crippen molar-refractivity contribution < 1.29 is 149 Å². The summed E-state index contributed by atoms with van der Waals surface area (Å²) in [5.74, 6) is -17.8. The molecule has 39 heteroatoms. The van der Waals surface area contributed by atoms with Crippen LogP contribution in [0.1, 0.15) is 38.5 Å². The van der Waals surface area contributed by atoms with Crippen LogP contribution in [0.3, 0.4) is 0 Å². The molecule has 0 spiro atoms. The van der Waals surface area contributed by atoms with Crippen molar-refractivity contribution in [1.29, 1.82) is 0 Å². The van der Waals surface area contributed by atoms with Crippen molar-refractivity contribution in [3.05, 3.63) is 0 Å². The maximum Gasteiger partial charge on any atom is 0.431 e. The van der Waals surface area contributed by atoms with E-state index in [1.54, 1.807) is 0 Å². The summed E-state index contributed by atoms with van der Waals surface area (Å²) in [5.41, 5.74) is -12.9. The van der Waals surface area contributed by atoms with Crippen LogP contribution in [0.5, 0.6) is 0 Å². The third-order valence-corrected chi connectivity index (χ3v) is 8.95. The lowest BCUT2D eigenvalue weighted by atomic mass is 9.83. The highest BCUT2D eigenvalue weighted by atomic mass is 32.3. The highest BCUT2D eigenvalue weighted by molar-refractivity contribution is 7.89. The molecule has 0 saturated heterocycles. The van der Waals surface area contributed by atoms with E-state index in [9.17, 15) is 131 Å². The lowest BCUT2D eigenvalue weighted by Gasteiger charge is -2.35. The van der Waals surface area contributed by atoms with Crippen molar-refractivity contribution in [2.45, 2.75) is 99.3 Å². The van der Waals surface area contributed by atoms with Crippen LogP contribution >= 0.6 is 0 Å². The number of hydrogen-bond acceptors (Lipinski definition) is 6. The summed E-state index contributed by atoms with van der Waals surface area (Å²) in [7, 11) is -14.0. The molecule has 0 saturated carbocycles. The lowest BCUT2D eigenvalue weighted by molar-refractivity contribution is -0.354. The molecule has 0 aromatic rings. The molecule has 0 radical (unpaired) electrons. The topological polar surface area (TPSA) is 195 Å². The number of halogens is 26. The van der Waals surface area contributed by atoms with Gasteiger partial charge in [0.15, 0.2) is 0 Å². The van der Waals surface area contributed by atoms with Crippen molar-refractivity contribution in [2.24, 2.45) is 33.9 Å². The fourth-order valence-electron chi connectivity index (χ4n) is 4.26. The standard InChI is InChI=1S/2C11H12F13NO2S.H2O4S/c2*12-7(10(19,20)21,11(22,23)24)4-6(9(16,17)18)3-5(8(13,14)15)1-2-28(25,26)27;1-5(2,3)4/h2*5-6H,1-4H2,(H2,25,26,27);(H2,1,2,3,4). The molecule has 4 atom stereocenters. The maximum absolute atomic E-state index is 13.6. The molecular formula is C22H26F26N2O8S3. The van der Waals surface area contributed by atoms with Gasteiger partial charge in [0.1, 0.15) is 0 Å². The molecule has 0 amide bonds. The Morgan fingerprint density at radius 2 is 0.525 bits per heavy atom. The van der Waals surface area contributed by atoms with E-state index in [0.29, 0.717) is 0 Å². The number of alkyl halides is 26. The SMILES string of the molecule is NS(=O)(=O)CCC(CC(CC(F)(C(F)(F)F)C(F)(F)F)C(F)(F)F)C(F)(F)F.NS(=O)(=O)CCC(CC(CC(F)(C(F)(F)F)C(F)(F)F)C(F)(F)F)C(F)(F)F.O=S(=O)(O)O. The monoisotopic (exact) mass is 1040 g/mol. The van der Waals surface area contributed by atoms with Crippen molar-refractivity contribution >= 4 is 30.4 Å². The first-order valence-electron chi connectivity index (χ1n) is 14.5. The number of sulfonamides is 2. The molecule has 372 valence electrons. The van der Waals surface area contributed by atoms with Crippen molar-refractivity contribution in [3.8, 4) is 0 Å². The highest BCUT2D eigenvalue weighted by Gasteiger charge is 2.75. The molecule has 4 unspecified atom stereocenters. The zero-order valence-electron chi connectivity index (χ0n) is 28.5. The van der Waals surface area contributed by atoms with E-state index in [4.69, 9.17) is 17.5 Å². The van der Waals surface area contributed by atoms with Gasteiger partial charge in [0.25, 0.3) is 11.3 Å². The van der Waals surface area contributed by atoms with Gasteiger partial charge in [-0.2, -0.15) is 114 Å². The fourth-order valence-corrected chi connectivity index (χ4v) is 5.49. The third kappa shape index (κ3) is 23.4. The van der Waals surface area contributed by atoms with Gasteiger partial charge >= 0.3 is 59.8 Å². The van der Waals surface area contributed by atoms with Crippen LogP contribution in [0.2, 0.25) is 0 Å². The van der Waals surface area contributed by atoms with Gasteiger partial charge in [-0.1, -0.05) is 0 Å². The normalized spacial score (nSPS) is 17.0. The second kappa shape index (κ2) is 20.4. The first kappa shape index (κ1) is 63.2. The summed E-state index contributed by atoms with van der Waals surface area (Å²) >= 11 is 0. The molecular weight excluding hydrogens is 1010 g/mol. The molecule has 0 aromatic carbocycles. The minimum Gasteiger partial charge on any atom is -0.264 e. The number of rotatable bonds is 14. The summed E-state index contributed by atoms with van der Waals surface area (Å²) < 4.78 is 405. The molecule has 61 heavy (non-hydrogen) atoms. The molecule has 0 heterocycles. The van der Waals surface area contributed by atoms with Gasteiger partial charge in [-0.15, -0.1) is 0 Å². The Morgan fingerprint density at radius 1 is 0.361 bits per heavy atom. The van der Waals surface area contributed by atoms with Crippen LogP contribution in [-0.2, 0) is 30.4 Å². The zero-order valence-corrected chi connectivity index (χ0v) is 31.0. The largest absolute Gasteiger partial charge is 0.431 e. The quantitative estimate of drug-likeness (QED) is 0.0981. The Labute approximate surface area is 324 Å². The van der Waals surface area contributed by atoms with Crippen molar-refractivity contribution in [1.82, 2.24) is 0 Å². The zero-order chi connectivity index (χ0) is 50.5. The molecule has 0 bridgehead atoms. The number of nitrogens with two attached hydrogens (primary N) is 2. The first-order chi connectivity index (χ1) is 25.8. The van der Waals surface area contributed by atoms with Gasteiger partial charge in [0.05, 0.1) is 35.2 Å². The summed E-state index contributed by atoms with van der Waals surface area (Å²) in [4.78, 5) is 0. The predicted molar refractivity (Wildman–Crippen MR) is 148 cm³/mol. The van der Waals surface area contributed by atoms with Crippen molar-refractivity contribution in [2.75, 3.05) is 11.5 Å². The summed E-state index contributed by atoms with van der Waals surface area (Å²) in [6.45, 7) is 0. The second-order valence-electron chi connectivity index (χ2n) is 12.2. The Kier molecular flexibility index (Phi) is 21.1.